The predicted octanol–water partition coefficient (Wildman–Crippen LogP) is 4.34. The third-order valence-electron chi connectivity index (χ3n) is 4.54. The van der Waals surface area contributed by atoms with Crippen LogP contribution >= 0.6 is 22.6 Å². The smallest absolute Gasteiger partial charge is 0.238 e. The van der Waals surface area contributed by atoms with E-state index in [-0.39, 0.29) is 40.9 Å². The van der Waals surface area contributed by atoms with E-state index < -0.39 is 22.5 Å². The van der Waals surface area contributed by atoms with Gasteiger partial charge in [-0.25, -0.2) is 0 Å². The van der Waals surface area contributed by atoms with Crippen molar-refractivity contribution in [2.24, 2.45) is 0 Å². The minimum Gasteiger partial charge on any atom is -0.507 e. The first-order valence-electron chi connectivity index (χ1n) is 9.70. The summed E-state index contributed by atoms with van der Waals surface area (Å²) in [5, 5.41) is 40.6. The molecule has 0 unspecified atom stereocenters. The topological polar surface area (TPSA) is 120 Å². The molecule has 0 saturated carbocycles. The summed E-state index contributed by atoms with van der Waals surface area (Å²) in [6.45, 7) is 3.24. The quantitative estimate of drug-likeness (QED) is 0.286. The molecule has 8 heteroatoms. The monoisotopic (exact) mass is 530 g/mol. The molecule has 0 atom stereocenters. The zero-order valence-electron chi connectivity index (χ0n) is 17.9. The van der Waals surface area contributed by atoms with Crippen molar-refractivity contribution in [1.82, 2.24) is 0 Å². The van der Waals surface area contributed by atoms with Crippen LogP contribution in [0.4, 0.5) is 0 Å². The van der Waals surface area contributed by atoms with Crippen molar-refractivity contribution in [3.63, 3.8) is 0 Å². The largest absolute Gasteiger partial charge is 0.507 e. The summed E-state index contributed by atoms with van der Waals surface area (Å²) in [7, 11) is 1.52. The van der Waals surface area contributed by atoms with Crippen molar-refractivity contribution in [3.8, 4) is 34.3 Å². The standard InChI is InChI=1S/C21H22O7.CH3I/c1-21(2,26)9-8-13-14(22)10-15(23)16-17(24)18(25)19(28-20(13)16)11-4-6-12(27-3)7-5-11;1-2/h4-7,10,22-23,25-26H,8-9H2,1-3H3;1H3/i;1T. The molecule has 162 valence electrons. The molecule has 0 aliphatic carbocycles. The number of benzene rings is 2. The maximum Gasteiger partial charge on any atom is 0.238 e. The number of halogens is 1. The van der Waals surface area contributed by atoms with Gasteiger partial charge in [-0.15, -0.1) is 0 Å². The molecule has 0 amide bonds. The summed E-state index contributed by atoms with van der Waals surface area (Å²) >= 11 is 1.96. The molecule has 1 aromatic heterocycles. The molecule has 1 heterocycles. The Kier molecular flexibility index (Phi) is 7.09. The van der Waals surface area contributed by atoms with Crippen LogP contribution in [0.25, 0.3) is 22.3 Å². The number of ether oxygens (including phenoxy) is 1. The van der Waals surface area contributed by atoms with Gasteiger partial charge in [-0.2, -0.15) is 0 Å². The zero-order chi connectivity index (χ0) is 23.3. The maximum absolute atomic E-state index is 12.7. The van der Waals surface area contributed by atoms with Crippen molar-refractivity contribution < 1.29 is 31.0 Å². The van der Waals surface area contributed by atoms with Crippen molar-refractivity contribution in [3.05, 3.63) is 46.1 Å². The third-order valence-corrected chi connectivity index (χ3v) is 4.54. The fraction of sp³-hybridized carbons (Fsp3) is 0.318. The van der Waals surface area contributed by atoms with Crippen molar-refractivity contribution >= 4 is 33.6 Å². The number of hydrogen-bond donors (Lipinski definition) is 4. The van der Waals surface area contributed by atoms with Gasteiger partial charge < -0.3 is 29.6 Å². The predicted molar refractivity (Wildman–Crippen MR) is 124 cm³/mol. The van der Waals surface area contributed by atoms with E-state index in [0.717, 1.165) is 6.07 Å². The molecule has 0 saturated heterocycles. The lowest BCUT2D eigenvalue weighted by Crippen LogP contribution is -2.19. The number of rotatable bonds is 5. The molecule has 2 aromatic carbocycles. The van der Waals surface area contributed by atoms with E-state index in [4.69, 9.17) is 10.5 Å². The highest BCUT2D eigenvalue weighted by atomic mass is 127. The lowest BCUT2D eigenvalue weighted by molar-refractivity contribution is 0.0713. The van der Waals surface area contributed by atoms with E-state index in [2.05, 4.69) is 0 Å². The van der Waals surface area contributed by atoms with Crippen LogP contribution in [-0.4, -0.2) is 38.0 Å². The van der Waals surface area contributed by atoms with Gasteiger partial charge in [0.1, 0.15) is 28.2 Å². The average molecular weight is 530 g/mol. The Morgan fingerprint density at radius 3 is 2.30 bits per heavy atom. The summed E-state index contributed by atoms with van der Waals surface area (Å²) in [4.78, 5) is 13.2. The van der Waals surface area contributed by atoms with E-state index >= 15 is 0 Å². The van der Waals surface area contributed by atoms with Crippen LogP contribution in [0.3, 0.4) is 0 Å². The highest BCUT2D eigenvalue weighted by molar-refractivity contribution is 14.1. The number of phenolic OH excluding ortho intramolecular Hbond substituents is 2. The average Bonchev–Trinajstić information content (AvgIpc) is 2.70. The van der Waals surface area contributed by atoms with Crippen LogP contribution in [0, 0.1) is 0 Å². The lowest BCUT2D eigenvalue weighted by atomic mass is 9.96. The Balaban J connectivity index is 0.00000107. The van der Waals surface area contributed by atoms with Gasteiger partial charge in [-0.05, 0) is 55.9 Å². The SMILES string of the molecule is COc1ccc(-c2oc3c(CCC(C)(C)O)c(O)cc(O)c3c(=O)c2O)cc1.[3H]CI. The number of aromatic hydroxyl groups is 3. The number of phenols is 2. The fourth-order valence-electron chi connectivity index (χ4n) is 2.99. The van der Waals surface area contributed by atoms with Crippen molar-refractivity contribution in [2.45, 2.75) is 32.3 Å². The second-order valence-electron chi connectivity index (χ2n) is 7.25. The normalized spacial score (nSPS) is 11.6. The van der Waals surface area contributed by atoms with E-state index in [1.165, 1.54) is 7.11 Å². The molecule has 3 aromatic rings. The highest BCUT2D eigenvalue weighted by Gasteiger charge is 2.24. The molecule has 7 nitrogen and oxygen atoms in total. The molecule has 0 radical (unpaired) electrons. The van der Waals surface area contributed by atoms with Crippen molar-refractivity contribution in [1.29, 1.82) is 0 Å². The number of fused-ring (bicyclic) bond motifs is 1. The number of aliphatic hydroxyl groups is 1. The Labute approximate surface area is 189 Å². The number of hydrogen-bond acceptors (Lipinski definition) is 7. The number of aryl methyl sites for hydroxylation is 1. The van der Waals surface area contributed by atoms with Crippen LogP contribution in [0.15, 0.2) is 39.5 Å². The zero-order valence-corrected chi connectivity index (χ0v) is 19.1. The maximum atomic E-state index is 12.7. The molecule has 4 N–H and O–H groups in total. The van der Waals surface area contributed by atoms with Gasteiger partial charge in [-0.1, -0.05) is 22.6 Å². The first-order valence-corrected chi connectivity index (χ1v) is 10.5. The number of methoxy groups -OCH3 is 1. The molecule has 0 bridgehead atoms. The van der Waals surface area contributed by atoms with Gasteiger partial charge >= 0.3 is 0 Å². The molecule has 0 spiro atoms. The first kappa shape index (κ1) is 22.2. The molecular formula is C22H25IO7. The van der Waals surface area contributed by atoms with Gasteiger partial charge in [0, 0.05) is 18.6 Å². The Morgan fingerprint density at radius 2 is 1.77 bits per heavy atom. The Morgan fingerprint density at radius 1 is 1.17 bits per heavy atom. The second-order valence-corrected chi connectivity index (χ2v) is 7.25. The van der Waals surface area contributed by atoms with Gasteiger partial charge in [-0.3, -0.25) is 4.79 Å². The van der Waals surface area contributed by atoms with E-state index in [9.17, 15) is 25.2 Å². The van der Waals surface area contributed by atoms with Gasteiger partial charge in [0.2, 0.25) is 11.2 Å². The van der Waals surface area contributed by atoms with Gasteiger partial charge in [0.25, 0.3) is 0 Å². The van der Waals surface area contributed by atoms with Gasteiger partial charge in [0.15, 0.2) is 5.76 Å². The van der Waals surface area contributed by atoms with Crippen LogP contribution in [0.1, 0.15) is 27.2 Å². The van der Waals surface area contributed by atoms with Gasteiger partial charge in [0.05, 0.1) is 12.7 Å². The third kappa shape index (κ3) is 4.99. The summed E-state index contributed by atoms with van der Waals surface area (Å²) in [5.74, 6) is -0.900. The summed E-state index contributed by atoms with van der Waals surface area (Å²) in [5.41, 5.74) is -1.16. The van der Waals surface area contributed by atoms with Crippen LogP contribution in [-0.2, 0) is 6.42 Å². The molecular weight excluding hydrogens is 503 g/mol. The van der Waals surface area contributed by atoms with Crippen LogP contribution in [0.5, 0.6) is 23.0 Å². The molecule has 0 aliphatic rings. The summed E-state index contributed by atoms with van der Waals surface area (Å²) in [6.07, 6.45) is 0.477. The van der Waals surface area contributed by atoms with Crippen LogP contribution in [0.2, 0.25) is 0 Å². The molecule has 3 rings (SSSR count). The second kappa shape index (κ2) is 9.57. The van der Waals surface area contributed by atoms with E-state index in [0.29, 0.717) is 16.2 Å². The highest BCUT2D eigenvalue weighted by Crippen LogP contribution is 2.39. The van der Waals surface area contributed by atoms with Crippen LogP contribution < -0.4 is 10.2 Å². The minimum atomic E-state index is -1.01. The Bertz CT molecular complexity index is 1100. The summed E-state index contributed by atoms with van der Waals surface area (Å²) < 4.78 is 17.1. The Hall–Kier alpha value is -2.46. The fourth-order valence-corrected chi connectivity index (χ4v) is 2.99. The molecule has 30 heavy (non-hydrogen) atoms. The van der Waals surface area contributed by atoms with E-state index in [1.807, 2.05) is 22.6 Å². The van der Waals surface area contributed by atoms with Crippen molar-refractivity contribution in [2.75, 3.05) is 12.0 Å². The molecule has 0 fully saturated rings. The summed E-state index contributed by atoms with van der Waals surface area (Å²) in [6, 6.07) is 7.55. The molecule has 0 aliphatic heterocycles. The first-order chi connectivity index (χ1) is 14.5. The lowest BCUT2D eigenvalue weighted by Gasteiger charge is -2.18. The number of alkyl halides is 1. The minimum absolute atomic E-state index is 0.0321. The van der Waals surface area contributed by atoms with E-state index in [1.54, 1.807) is 38.1 Å².